The van der Waals surface area contributed by atoms with E-state index in [9.17, 15) is 34.2 Å². The zero-order valence-electron chi connectivity index (χ0n) is 21.0. The first-order chi connectivity index (χ1) is 16.8. The average molecular weight is 508 g/mol. The fourth-order valence-electron chi connectivity index (χ4n) is 3.38. The summed E-state index contributed by atoms with van der Waals surface area (Å²) in [5, 5.41) is 26.1. The Labute approximate surface area is 210 Å². The summed E-state index contributed by atoms with van der Waals surface area (Å²) >= 11 is 0. The van der Waals surface area contributed by atoms with Gasteiger partial charge in [-0.15, -0.1) is 0 Å². The number of nitrogens with one attached hydrogen (secondary N) is 3. The summed E-state index contributed by atoms with van der Waals surface area (Å²) in [5.41, 5.74) is 11.8. The number of nitrogens with two attached hydrogens (primary N) is 2. The third-order valence-corrected chi connectivity index (χ3v) is 5.79. The third-order valence-electron chi connectivity index (χ3n) is 5.79. The minimum absolute atomic E-state index is 0.0818. The van der Waals surface area contributed by atoms with Gasteiger partial charge in [0.15, 0.2) is 0 Å². The van der Waals surface area contributed by atoms with Gasteiger partial charge >= 0.3 is 5.97 Å². The maximum atomic E-state index is 13.1. The Balaban J connectivity index is 2.96. The molecule has 0 saturated heterocycles. The van der Waals surface area contributed by atoms with Crippen LogP contribution in [0.5, 0.6) is 5.75 Å². The van der Waals surface area contributed by atoms with Gasteiger partial charge in [0, 0.05) is 0 Å². The van der Waals surface area contributed by atoms with Crippen LogP contribution in [0.2, 0.25) is 0 Å². The number of phenols is 1. The number of primary amides is 1. The lowest BCUT2D eigenvalue weighted by molar-refractivity contribution is -0.144. The lowest BCUT2D eigenvalue weighted by atomic mass is 9.95. The van der Waals surface area contributed by atoms with E-state index in [4.69, 9.17) is 11.5 Å². The monoisotopic (exact) mass is 507 g/mol. The summed E-state index contributed by atoms with van der Waals surface area (Å²) in [5.74, 6) is -5.02. The molecule has 0 heterocycles. The summed E-state index contributed by atoms with van der Waals surface area (Å²) in [7, 11) is 0. The molecule has 1 rings (SSSR count). The molecule has 0 radical (unpaired) electrons. The van der Waals surface area contributed by atoms with Crippen LogP contribution in [0.3, 0.4) is 0 Å². The van der Waals surface area contributed by atoms with Crippen molar-refractivity contribution in [2.75, 3.05) is 0 Å². The molecule has 0 aromatic heterocycles. The van der Waals surface area contributed by atoms with E-state index >= 15 is 0 Å². The van der Waals surface area contributed by atoms with Crippen molar-refractivity contribution in [3.63, 3.8) is 0 Å². The third kappa shape index (κ3) is 9.53. The second-order valence-electron chi connectivity index (χ2n) is 9.15. The molecule has 1 aromatic rings. The number of rotatable bonds is 14. The van der Waals surface area contributed by atoms with E-state index in [-0.39, 0.29) is 18.1 Å². The number of hydrogen-bond acceptors (Lipinski definition) is 7. The molecule has 5 unspecified atom stereocenters. The quantitative estimate of drug-likeness (QED) is 0.172. The van der Waals surface area contributed by atoms with Gasteiger partial charge in [-0.2, -0.15) is 0 Å². The molecule has 1 aromatic carbocycles. The van der Waals surface area contributed by atoms with Crippen molar-refractivity contribution in [1.82, 2.24) is 16.0 Å². The number of amides is 4. The molecule has 0 spiro atoms. The minimum Gasteiger partial charge on any atom is -0.508 e. The van der Waals surface area contributed by atoms with E-state index in [0.29, 0.717) is 6.42 Å². The highest BCUT2D eigenvalue weighted by Crippen LogP contribution is 2.13. The van der Waals surface area contributed by atoms with Crippen LogP contribution in [0.25, 0.3) is 0 Å². The van der Waals surface area contributed by atoms with E-state index in [0.717, 1.165) is 5.56 Å². The van der Waals surface area contributed by atoms with E-state index in [2.05, 4.69) is 16.0 Å². The lowest BCUT2D eigenvalue weighted by Gasteiger charge is -2.29. The van der Waals surface area contributed by atoms with Crippen LogP contribution < -0.4 is 27.4 Å². The topological polar surface area (TPSA) is 214 Å². The van der Waals surface area contributed by atoms with Gasteiger partial charge in [0.05, 0.1) is 12.5 Å². The van der Waals surface area contributed by atoms with Gasteiger partial charge in [-0.25, -0.2) is 4.79 Å². The highest BCUT2D eigenvalue weighted by Gasteiger charge is 2.34. The summed E-state index contributed by atoms with van der Waals surface area (Å²) in [6, 6.07) is 1.56. The van der Waals surface area contributed by atoms with Gasteiger partial charge < -0.3 is 37.6 Å². The van der Waals surface area contributed by atoms with Gasteiger partial charge in [0.25, 0.3) is 0 Å². The molecule has 5 atom stereocenters. The zero-order chi connectivity index (χ0) is 27.6. The Hall–Kier alpha value is -3.67. The zero-order valence-corrected chi connectivity index (χ0v) is 21.0. The predicted octanol–water partition coefficient (Wildman–Crippen LogP) is -0.621. The molecule has 12 heteroatoms. The first kappa shape index (κ1) is 30.4. The fraction of sp³-hybridized carbons (Fsp3) is 0.542. The van der Waals surface area contributed by atoms with Gasteiger partial charge in [0.1, 0.15) is 23.9 Å². The maximum Gasteiger partial charge on any atom is 0.326 e. The van der Waals surface area contributed by atoms with Crippen molar-refractivity contribution in [2.24, 2.45) is 23.3 Å². The number of benzene rings is 1. The second kappa shape index (κ2) is 14.0. The van der Waals surface area contributed by atoms with E-state index in [1.165, 1.54) is 12.1 Å². The van der Waals surface area contributed by atoms with E-state index in [1.807, 2.05) is 6.92 Å². The fourth-order valence-corrected chi connectivity index (χ4v) is 3.38. The molecular weight excluding hydrogens is 470 g/mol. The molecule has 0 aliphatic rings. The Bertz CT molecular complexity index is 935. The van der Waals surface area contributed by atoms with Crippen molar-refractivity contribution in [2.45, 2.75) is 71.1 Å². The first-order valence-corrected chi connectivity index (χ1v) is 11.7. The Kier molecular flexibility index (Phi) is 11.8. The maximum absolute atomic E-state index is 13.1. The van der Waals surface area contributed by atoms with Crippen molar-refractivity contribution in [1.29, 1.82) is 0 Å². The van der Waals surface area contributed by atoms with Crippen LogP contribution in [0.4, 0.5) is 0 Å². The number of carboxylic acids is 1. The summed E-state index contributed by atoms with van der Waals surface area (Å²) in [6.07, 6.45) is 0.0997. The molecule has 0 aliphatic carbocycles. The van der Waals surface area contributed by atoms with Crippen LogP contribution in [0.1, 0.15) is 46.1 Å². The summed E-state index contributed by atoms with van der Waals surface area (Å²) in [6.45, 7) is 6.90. The molecule has 0 fully saturated rings. The van der Waals surface area contributed by atoms with Gasteiger partial charge in [-0.05, 0) is 36.0 Å². The molecule has 12 nitrogen and oxygen atoms in total. The number of carbonyl (C=O) groups is 5. The number of phenolic OH excluding ortho intramolecular Hbond substituents is 1. The molecule has 0 saturated carbocycles. The van der Waals surface area contributed by atoms with Gasteiger partial charge in [-0.1, -0.05) is 46.2 Å². The Morgan fingerprint density at radius 3 is 1.89 bits per heavy atom. The van der Waals surface area contributed by atoms with Crippen LogP contribution in [-0.4, -0.2) is 64.0 Å². The molecular formula is C24H37N5O7. The van der Waals surface area contributed by atoms with Gasteiger partial charge in [-0.3, -0.25) is 19.2 Å². The normalized spacial score (nSPS) is 15.2. The van der Waals surface area contributed by atoms with E-state index in [1.54, 1.807) is 32.9 Å². The van der Waals surface area contributed by atoms with Crippen molar-refractivity contribution >= 4 is 29.6 Å². The summed E-state index contributed by atoms with van der Waals surface area (Å²) in [4.78, 5) is 61.2. The van der Waals surface area contributed by atoms with Crippen LogP contribution in [0, 0.1) is 11.8 Å². The smallest absolute Gasteiger partial charge is 0.326 e. The number of hydrogen-bond donors (Lipinski definition) is 7. The second-order valence-corrected chi connectivity index (χ2v) is 9.15. The Morgan fingerprint density at radius 1 is 0.889 bits per heavy atom. The minimum atomic E-state index is -1.55. The van der Waals surface area contributed by atoms with Gasteiger partial charge in [0.2, 0.25) is 23.6 Å². The largest absolute Gasteiger partial charge is 0.508 e. The number of aromatic hydroxyl groups is 1. The predicted molar refractivity (Wildman–Crippen MR) is 131 cm³/mol. The van der Waals surface area contributed by atoms with Crippen LogP contribution in [0.15, 0.2) is 24.3 Å². The standard InChI is InChI=1S/C24H37N5O7/c1-5-13(4)20(29-21(32)16(25)10-14-6-8-15(30)9-7-14)23(34)28-19(12(2)3)22(33)27-17(24(35)36)11-18(26)31/h6-9,12-13,16-17,19-20,30H,5,10-11,25H2,1-4H3,(H2,26,31)(H,27,33)(H,28,34)(H,29,32)(H,35,36). The highest BCUT2D eigenvalue weighted by atomic mass is 16.4. The molecule has 9 N–H and O–H groups in total. The van der Waals surface area contributed by atoms with E-state index < -0.39 is 66.1 Å². The van der Waals surface area contributed by atoms with Crippen LogP contribution in [-0.2, 0) is 30.4 Å². The van der Waals surface area contributed by atoms with Crippen molar-refractivity contribution in [3.8, 4) is 5.75 Å². The highest BCUT2D eigenvalue weighted by molar-refractivity contribution is 5.95. The van der Waals surface area contributed by atoms with Crippen LogP contribution >= 0.6 is 0 Å². The molecule has 36 heavy (non-hydrogen) atoms. The number of carbonyl (C=O) groups excluding carboxylic acids is 4. The van der Waals surface area contributed by atoms with Crippen molar-refractivity contribution < 1.29 is 34.2 Å². The summed E-state index contributed by atoms with van der Waals surface area (Å²) < 4.78 is 0. The number of carboxylic acid groups (broad SMARTS) is 1. The number of aliphatic carboxylic acids is 1. The lowest BCUT2D eigenvalue weighted by Crippen LogP contribution is -2.60. The molecule has 200 valence electrons. The average Bonchev–Trinajstić information content (AvgIpc) is 2.80. The van der Waals surface area contributed by atoms with Crippen molar-refractivity contribution in [3.05, 3.63) is 29.8 Å². The molecule has 0 aliphatic heterocycles. The Morgan fingerprint density at radius 2 is 1.42 bits per heavy atom. The molecule has 4 amide bonds. The SMILES string of the molecule is CCC(C)C(NC(=O)C(N)Cc1ccc(O)cc1)C(=O)NC(C(=O)NC(CC(N)=O)C(=O)O)C(C)C. The first-order valence-electron chi connectivity index (χ1n) is 11.7. The molecule has 0 bridgehead atoms.